The second-order valence-corrected chi connectivity index (χ2v) is 9.13. The van der Waals surface area contributed by atoms with Crippen LogP contribution in [-0.2, 0) is 22.4 Å². The monoisotopic (exact) mass is 477 g/mol. The minimum absolute atomic E-state index is 0.132. The summed E-state index contributed by atoms with van der Waals surface area (Å²) in [6.45, 7) is 0. The number of carbonyl (C=O) groups excluding carboxylic acids is 1. The van der Waals surface area contributed by atoms with E-state index in [-0.39, 0.29) is 18.4 Å². The van der Waals surface area contributed by atoms with Crippen molar-refractivity contribution < 1.29 is 14.3 Å². The van der Waals surface area contributed by atoms with E-state index in [1.807, 2.05) is 42.5 Å². The molecule has 0 N–H and O–H groups in total. The lowest BCUT2D eigenvalue weighted by molar-refractivity contribution is -0.147. The summed E-state index contributed by atoms with van der Waals surface area (Å²) in [6, 6.07) is 13.3. The van der Waals surface area contributed by atoms with Gasteiger partial charge in [-0.3, -0.25) is 9.36 Å². The number of hydrogen-bond donors (Lipinski definition) is 0. The van der Waals surface area contributed by atoms with Crippen molar-refractivity contribution >= 4 is 17.6 Å². The molecule has 1 saturated carbocycles. The zero-order chi connectivity index (χ0) is 23.5. The Hall–Kier alpha value is -3.44. The predicted octanol–water partition coefficient (Wildman–Crippen LogP) is 4.34. The summed E-state index contributed by atoms with van der Waals surface area (Å²) in [5, 5.41) is 18.5. The van der Waals surface area contributed by atoms with E-state index < -0.39 is 12.1 Å². The third kappa shape index (κ3) is 4.75. The number of aromatic nitrogens is 4. The molecule has 2 aromatic heterocycles. The van der Waals surface area contributed by atoms with Gasteiger partial charge in [0.2, 0.25) is 5.88 Å². The number of esters is 1. The highest BCUT2D eigenvalue weighted by Gasteiger charge is 2.32. The molecule has 1 unspecified atom stereocenters. The Morgan fingerprint density at radius 2 is 1.97 bits per heavy atom. The number of pyridine rings is 1. The number of halogens is 1. The zero-order valence-electron chi connectivity index (χ0n) is 18.6. The van der Waals surface area contributed by atoms with Gasteiger partial charge in [0.15, 0.2) is 0 Å². The molecule has 0 bridgehead atoms. The van der Waals surface area contributed by atoms with E-state index in [1.54, 1.807) is 6.20 Å². The van der Waals surface area contributed by atoms with Gasteiger partial charge >= 0.3 is 5.97 Å². The Kier molecular flexibility index (Phi) is 6.45. The summed E-state index contributed by atoms with van der Waals surface area (Å²) in [5.41, 5.74) is 1.93. The first-order valence-corrected chi connectivity index (χ1v) is 11.9. The Labute approximate surface area is 202 Å². The van der Waals surface area contributed by atoms with Crippen molar-refractivity contribution in [3.05, 3.63) is 64.8 Å². The number of nitrogens with zero attached hydrogens (tertiary/aromatic N) is 5. The number of nitriles is 1. The molecule has 0 saturated heterocycles. The molecule has 0 radical (unpaired) electrons. The minimum Gasteiger partial charge on any atom is -0.474 e. The molecule has 2 aliphatic rings. The van der Waals surface area contributed by atoms with E-state index in [9.17, 15) is 4.79 Å². The molecule has 8 nitrogen and oxygen atoms in total. The molecule has 1 atom stereocenters. The van der Waals surface area contributed by atoms with Gasteiger partial charge in [0.25, 0.3) is 0 Å². The topological polar surface area (TPSA) is 103 Å². The van der Waals surface area contributed by atoms with E-state index in [1.165, 1.54) is 0 Å². The van der Waals surface area contributed by atoms with Crippen LogP contribution in [0.5, 0.6) is 5.88 Å². The average Bonchev–Trinajstić information content (AvgIpc) is 3.17. The fraction of sp³-hybridized carbons (Fsp3) is 0.400. The molecule has 9 heteroatoms. The lowest BCUT2D eigenvalue weighted by Crippen LogP contribution is -2.25. The lowest BCUT2D eigenvalue weighted by Gasteiger charge is -2.28. The predicted molar refractivity (Wildman–Crippen MR) is 124 cm³/mol. The first-order valence-electron chi connectivity index (χ1n) is 11.5. The van der Waals surface area contributed by atoms with Crippen molar-refractivity contribution in [2.75, 3.05) is 0 Å². The Balaban J connectivity index is 1.38. The largest absolute Gasteiger partial charge is 0.474 e. The molecule has 0 amide bonds. The van der Waals surface area contributed by atoms with Gasteiger partial charge in [-0.1, -0.05) is 17.7 Å². The van der Waals surface area contributed by atoms with Gasteiger partial charge < -0.3 is 9.47 Å². The van der Waals surface area contributed by atoms with Crippen molar-refractivity contribution in [2.45, 2.75) is 63.1 Å². The van der Waals surface area contributed by atoms with Gasteiger partial charge in [0, 0.05) is 36.0 Å². The molecular weight excluding hydrogens is 454 g/mol. The maximum atomic E-state index is 12.0. The van der Waals surface area contributed by atoms with Crippen molar-refractivity contribution in [1.82, 2.24) is 19.7 Å². The minimum atomic E-state index is -0.532. The Morgan fingerprint density at radius 1 is 1.12 bits per heavy atom. The van der Waals surface area contributed by atoms with Crippen molar-refractivity contribution in [3.8, 4) is 17.6 Å². The summed E-state index contributed by atoms with van der Waals surface area (Å²) >= 11 is 6.29. The maximum Gasteiger partial charge on any atom is 0.320 e. The van der Waals surface area contributed by atoms with E-state index in [0.717, 1.165) is 48.6 Å². The normalized spacial score (nSPS) is 21.5. The van der Waals surface area contributed by atoms with Crippen LogP contribution in [0.25, 0.3) is 5.69 Å². The summed E-state index contributed by atoms with van der Waals surface area (Å²) in [7, 11) is 0. The standard InChI is InChI=1S/C25H24ClN5O3/c26-18-6-9-21-17(13-18)14-20(34-24(32)10-11-27)15-22-29-30-25(31(21)22)16-4-7-19(8-5-16)33-23-3-1-2-12-28-23/h1-3,6,9,12-13,16,19-20H,4-5,7-8,10,14-15H2/t16-,19-,20?. The number of carbonyl (C=O) groups is 1. The van der Waals surface area contributed by atoms with Gasteiger partial charge in [0.1, 0.15) is 30.3 Å². The number of benzene rings is 1. The van der Waals surface area contributed by atoms with Crippen LogP contribution in [0.1, 0.15) is 55.2 Å². The van der Waals surface area contributed by atoms with Gasteiger partial charge in [-0.05, 0) is 55.5 Å². The van der Waals surface area contributed by atoms with Crippen LogP contribution in [0.15, 0.2) is 42.6 Å². The number of hydrogen-bond acceptors (Lipinski definition) is 7. The number of rotatable bonds is 5. The summed E-state index contributed by atoms with van der Waals surface area (Å²) in [5.74, 6) is 2.03. The van der Waals surface area contributed by atoms with Crippen LogP contribution >= 0.6 is 11.6 Å². The SMILES string of the molecule is N#CCC(=O)OC1Cc2cc(Cl)ccc2-n2c(nnc2[C@H]2CC[C@H](Oc3ccccn3)CC2)C1. The molecule has 1 aromatic carbocycles. The molecule has 3 heterocycles. The maximum absolute atomic E-state index is 12.0. The molecule has 3 aromatic rings. The summed E-state index contributed by atoms with van der Waals surface area (Å²) in [6.07, 6.45) is 5.76. The van der Waals surface area contributed by atoms with Gasteiger partial charge in [-0.25, -0.2) is 4.98 Å². The first-order chi connectivity index (χ1) is 16.6. The van der Waals surface area contributed by atoms with E-state index in [0.29, 0.717) is 23.7 Å². The number of fused-ring (bicyclic) bond motifs is 3. The zero-order valence-corrected chi connectivity index (χ0v) is 19.3. The third-order valence-electron chi connectivity index (χ3n) is 6.38. The highest BCUT2D eigenvalue weighted by Crippen LogP contribution is 2.37. The molecule has 5 rings (SSSR count). The highest BCUT2D eigenvalue weighted by atomic mass is 35.5. The van der Waals surface area contributed by atoms with Gasteiger partial charge in [-0.2, -0.15) is 5.26 Å². The number of ether oxygens (including phenoxy) is 2. The quantitative estimate of drug-likeness (QED) is 0.503. The second-order valence-electron chi connectivity index (χ2n) is 8.70. The van der Waals surface area contributed by atoms with Crippen LogP contribution in [0.4, 0.5) is 0 Å². The van der Waals surface area contributed by atoms with Crippen LogP contribution in [0.3, 0.4) is 0 Å². The molecule has 34 heavy (non-hydrogen) atoms. The molecule has 1 aliphatic carbocycles. The summed E-state index contributed by atoms with van der Waals surface area (Å²) < 4.78 is 13.7. The first kappa shape index (κ1) is 22.4. The summed E-state index contributed by atoms with van der Waals surface area (Å²) in [4.78, 5) is 16.3. The van der Waals surface area contributed by atoms with Crippen LogP contribution in [0.2, 0.25) is 5.02 Å². The van der Waals surface area contributed by atoms with Crippen LogP contribution in [0, 0.1) is 11.3 Å². The Morgan fingerprint density at radius 3 is 2.74 bits per heavy atom. The molecule has 1 fully saturated rings. The fourth-order valence-corrected chi connectivity index (χ4v) is 5.04. The lowest BCUT2D eigenvalue weighted by atomic mass is 9.86. The van der Waals surface area contributed by atoms with Crippen LogP contribution in [-0.4, -0.2) is 37.9 Å². The van der Waals surface area contributed by atoms with E-state index in [2.05, 4.69) is 19.7 Å². The van der Waals surface area contributed by atoms with E-state index >= 15 is 0 Å². The smallest absolute Gasteiger partial charge is 0.320 e. The van der Waals surface area contributed by atoms with Crippen LogP contribution < -0.4 is 4.74 Å². The molecule has 174 valence electrons. The molecule has 1 aliphatic heterocycles. The van der Waals surface area contributed by atoms with Gasteiger partial charge in [-0.15, -0.1) is 10.2 Å². The van der Waals surface area contributed by atoms with Gasteiger partial charge in [0.05, 0.1) is 11.8 Å². The van der Waals surface area contributed by atoms with Crippen molar-refractivity contribution in [2.24, 2.45) is 0 Å². The second kappa shape index (κ2) is 9.82. The average molecular weight is 478 g/mol. The van der Waals surface area contributed by atoms with E-state index in [4.69, 9.17) is 26.3 Å². The third-order valence-corrected chi connectivity index (χ3v) is 6.62. The fourth-order valence-electron chi connectivity index (χ4n) is 4.85. The Bertz CT molecular complexity index is 1220. The molecular formula is C25H24ClN5O3. The van der Waals surface area contributed by atoms with Crippen molar-refractivity contribution in [1.29, 1.82) is 5.26 Å². The molecule has 0 spiro atoms. The highest BCUT2D eigenvalue weighted by molar-refractivity contribution is 6.30. The van der Waals surface area contributed by atoms with Crippen molar-refractivity contribution in [3.63, 3.8) is 0 Å².